The van der Waals surface area contributed by atoms with Gasteiger partial charge in [0.05, 0.1) is 5.75 Å². The van der Waals surface area contributed by atoms with Crippen molar-refractivity contribution in [1.29, 1.82) is 0 Å². The van der Waals surface area contributed by atoms with Gasteiger partial charge in [0, 0.05) is 18.9 Å². The monoisotopic (exact) mass is 342 g/mol. The highest BCUT2D eigenvalue weighted by Crippen LogP contribution is 2.40. The largest absolute Gasteiger partial charge is 0.488 e. The molecule has 1 aromatic carbocycles. The van der Waals surface area contributed by atoms with Crippen LogP contribution in [0.4, 0.5) is 0 Å². The van der Waals surface area contributed by atoms with Gasteiger partial charge in [-0.3, -0.25) is 9.78 Å². The van der Waals surface area contributed by atoms with Crippen molar-refractivity contribution in [3.8, 4) is 5.75 Å². The molecule has 0 spiro atoms. The summed E-state index contributed by atoms with van der Waals surface area (Å²) in [6, 6.07) is 12.0. The van der Waals surface area contributed by atoms with E-state index < -0.39 is 0 Å². The molecule has 4 nitrogen and oxygen atoms in total. The van der Waals surface area contributed by atoms with Crippen molar-refractivity contribution in [3.63, 3.8) is 0 Å². The highest BCUT2D eigenvalue weighted by molar-refractivity contribution is 8.00. The first-order valence-electron chi connectivity index (χ1n) is 8.01. The van der Waals surface area contributed by atoms with Crippen molar-refractivity contribution in [2.24, 2.45) is 0 Å². The predicted octanol–water partition coefficient (Wildman–Crippen LogP) is 4.03. The molecule has 2 aromatic rings. The van der Waals surface area contributed by atoms with Crippen molar-refractivity contribution in [2.75, 3.05) is 5.75 Å². The molecule has 1 saturated heterocycles. The Morgan fingerprint density at radius 1 is 1.25 bits per heavy atom. The van der Waals surface area contributed by atoms with E-state index in [4.69, 9.17) is 4.74 Å². The molecule has 0 saturated carbocycles. The summed E-state index contributed by atoms with van der Waals surface area (Å²) in [5, 5.41) is 0.0430. The van der Waals surface area contributed by atoms with Gasteiger partial charge >= 0.3 is 0 Å². The van der Waals surface area contributed by atoms with E-state index in [9.17, 15) is 4.79 Å². The molecular weight excluding hydrogens is 320 g/mol. The van der Waals surface area contributed by atoms with Crippen LogP contribution in [0.15, 0.2) is 48.8 Å². The quantitative estimate of drug-likeness (QED) is 0.841. The van der Waals surface area contributed by atoms with Crippen molar-refractivity contribution >= 4 is 17.7 Å². The fourth-order valence-corrected chi connectivity index (χ4v) is 3.83. The maximum absolute atomic E-state index is 12.3. The van der Waals surface area contributed by atoms with Gasteiger partial charge in [0.2, 0.25) is 5.91 Å². The summed E-state index contributed by atoms with van der Waals surface area (Å²) < 4.78 is 5.87. The van der Waals surface area contributed by atoms with Crippen LogP contribution in [0.5, 0.6) is 5.75 Å². The first-order valence-corrected chi connectivity index (χ1v) is 9.06. The molecule has 0 aliphatic carbocycles. The van der Waals surface area contributed by atoms with Crippen LogP contribution in [0.3, 0.4) is 0 Å². The van der Waals surface area contributed by atoms with E-state index in [1.54, 1.807) is 18.0 Å². The third-order valence-electron chi connectivity index (χ3n) is 3.63. The van der Waals surface area contributed by atoms with E-state index in [1.165, 1.54) is 0 Å². The minimum Gasteiger partial charge on any atom is -0.488 e. The number of carbonyl (C=O) groups is 1. The lowest BCUT2D eigenvalue weighted by Gasteiger charge is -2.25. The number of ether oxygens (including phenoxy) is 1. The molecule has 1 aromatic heterocycles. The molecule has 1 amide bonds. The van der Waals surface area contributed by atoms with Gasteiger partial charge in [-0.05, 0) is 50.1 Å². The number of aromatic nitrogens is 1. The first-order chi connectivity index (χ1) is 11.4. The van der Waals surface area contributed by atoms with E-state index in [0.717, 1.165) is 16.9 Å². The Morgan fingerprint density at radius 2 is 2.00 bits per heavy atom. The summed E-state index contributed by atoms with van der Waals surface area (Å²) in [6.45, 7) is 6.68. The predicted molar refractivity (Wildman–Crippen MR) is 96.8 cm³/mol. The Balaban J connectivity index is 1.76. The second-order valence-corrected chi connectivity index (χ2v) is 7.90. The average Bonchev–Trinajstić information content (AvgIpc) is 2.89. The number of hydrogen-bond donors (Lipinski definition) is 0. The Morgan fingerprint density at radius 3 is 2.62 bits per heavy atom. The van der Waals surface area contributed by atoms with Gasteiger partial charge in [0.1, 0.15) is 16.7 Å². The second kappa shape index (κ2) is 6.85. The third-order valence-corrected chi connectivity index (χ3v) is 4.89. The third kappa shape index (κ3) is 4.09. The van der Waals surface area contributed by atoms with Gasteiger partial charge in [0.25, 0.3) is 0 Å². The lowest BCUT2D eigenvalue weighted by Crippen LogP contribution is -2.27. The summed E-state index contributed by atoms with van der Waals surface area (Å²) in [6.07, 6.45) is 3.56. The molecule has 1 fully saturated rings. The first kappa shape index (κ1) is 16.8. The van der Waals surface area contributed by atoms with Crippen LogP contribution in [-0.4, -0.2) is 27.1 Å². The van der Waals surface area contributed by atoms with Crippen LogP contribution in [0, 0.1) is 0 Å². The summed E-state index contributed by atoms with van der Waals surface area (Å²) in [7, 11) is 0. The molecule has 24 heavy (non-hydrogen) atoms. The molecule has 0 bridgehead atoms. The van der Waals surface area contributed by atoms with Crippen molar-refractivity contribution in [2.45, 2.75) is 38.3 Å². The van der Waals surface area contributed by atoms with Crippen molar-refractivity contribution in [3.05, 3.63) is 59.9 Å². The Kier molecular flexibility index (Phi) is 4.81. The van der Waals surface area contributed by atoms with E-state index in [1.807, 2.05) is 68.3 Å². The van der Waals surface area contributed by atoms with Crippen LogP contribution >= 0.6 is 11.8 Å². The normalized spacial score (nSPS) is 18.0. The number of nitrogens with zero attached hydrogens (tertiary/aromatic N) is 2. The molecule has 126 valence electrons. The highest BCUT2D eigenvalue weighted by Gasteiger charge is 2.32. The summed E-state index contributed by atoms with van der Waals surface area (Å²) in [5.74, 6) is 1.54. The minimum atomic E-state index is -0.216. The zero-order chi connectivity index (χ0) is 17.2. The number of thioether (sulfide) groups is 1. The Hall–Kier alpha value is -2.01. The van der Waals surface area contributed by atoms with E-state index in [-0.39, 0.29) is 16.9 Å². The molecule has 0 radical (unpaired) electrons. The Bertz CT molecular complexity index is 696. The zero-order valence-corrected chi connectivity index (χ0v) is 15.0. The molecule has 1 unspecified atom stereocenters. The number of amides is 1. The average molecular weight is 342 g/mol. The number of rotatable bonds is 4. The summed E-state index contributed by atoms with van der Waals surface area (Å²) in [5.41, 5.74) is 1.95. The van der Waals surface area contributed by atoms with Crippen LogP contribution < -0.4 is 4.74 Å². The van der Waals surface area contributed by atoms with Gasteiger partial charge in [0.15, 0.2) is 0 Å². The molecule has 1 atom stereocenters. The van der Waals surface area contributed by atoms with Gasteiger partial charge < -0.3 is 9.64 Å². The number of hydrogen-bond acceptors (Lipinski definition) is 4. The zero-order valence-electron chi connectivity index (χ0n) is 14.2. The molecular formula is C19H22N2O2S. The highest BCUT2D eigenvalue weighted by atomic mass is 32.2. The molecule has 2 heterocycles. The maximum atomic E-state index is 12.3. The SMILES string of the molecule is CC(C)(C)Oc1ccc(C2SCC(=O)N2Cc2cccnc2)cc1. The standard InChI is InChI=1S/C19H22N2O2S/c1-19(2,3)23-16-8-6-15(7-9-16)18-21(17(22)13-24-18)12-14-5-4-10-20-11-14/h4-11,18H,12-13H2,1-3H3. The van der Waals surface area contributed by atoms with Crippen LogP contribution in [0.25, 0.3) is 0 Å². The lowest BCUT2D eigenvalue weighted by molar-refractivity contribution is -0.128. The lowest BCUT2D eigenvalue weighted by atomic mass is 10.1. The summed E-state index contributed by atoms with van der Waals surface area (Å²) in [4.78, 5) is 18.3. The molecule has 0 N–H and O–H groups in total. The van der Waals surface area contributed by atoms with Crippen molar-refractivity contribution < 1.29 is 9.53 Å². The van der Waals surface area contributed by atoms with Crippen LogP contribution in [0.1, 0.15) is 37.3 Å². The van der Waals surface area contributed by atoms with Crippen LogP contribution in [-0.2, 0) is 11.3 Å². The van der Waals surface area contributed by atoms with Gasteiger partial charge in [-0.25, -0.2) is 0 Å². The van der Waals surface area contributed by atoms with Gasteiger partial charge in [-0.1, -0.05) is 18.2 Å². The summed E-state index contributed by atoms with van der Waals surface area (Å²) >= 11 is 1.67. The molecule has 3 rings (SSSR count). The van der Waals surface area contributed by atoms with E-state index >= 15 is 0 Å². The number of carbonyl (C=O) groups excluding carboxylic acids is 1. The Labute approximate surface area is 147 Å². The van der Waals surface area contributed by atoms with Crippen molar-refractivity contribution in [1.82, 2.24) is 9.88 Å². The van der Waals surface area contributed by atoms with Gasteiger partial charge in [-0.2, -0.15) is 0 Å². The van der Waals surface area contributed by atoms with E-state index in [2.05, 4.69) is 4.98 Å². The molecule has 1 aliphatic heterocycles. The second-order valence-electron chi connectivity index (χ2n) is 6.83. The molecule has 1 aliphatic rings. The number of benzene rings is 1. The molecule has 5 heteroatoms. The number of pyridine rings is 1. The van der Waals surface area contributed by atoms with E-state index in [0.29, 0.717) is 12.3 Å². The fourth-order valence-electron chi connectivity index (χ4n) is 2.64. The smallest absolute Gasteiger partial charge is 0.234 e. The van der Waals surface area contributed by atoms with Gasteiger partial charge in [-0.15, -0.1) is 11.8 Å². The maximum Gasteiger partial charge on any atom is 0.234 e. The topological polar surface area (TPSA) is 42.4 Å². The van der Waals surface area contributed by atoms with Crippen LogP contribution in [0.2, 0.25) is 0 Å². The minimum absolute atomic E-state index is 0.0430. The fraction of sp³-hybridized carbons (Fsp3) is 0.368.